The predicted molar refractivity (Wildman–Crippen MR) is 135 cm³/mol. The van der Waals surface area contributed by atoms with Crippen LogP contribution in [0.15, 0.2) is 24.3 Å². The van der Waals surface area contributed by atoms with Gasteiger partial charge in [0.1, 0.15) is 23.8 Å². The molecule has 0 spiro atoms. The number of hydrogen-bond donors (Lipinski definition) is 1. The van der Waals surface area contributed by atoms with E-state index in [9.17, 15) is 4.79 Å². The molecule has 0 radical (unpaired) electrons. The van der Waals surface area contributed by atoms with Crippen LogP contribution in [0.25, 0.3) is 0 Å². The molecular formula is C26H40N4O5. The van der Waals surface area contributed by atoms with E-state index in [0.29, 0.717) is 13.0 Å². The van der Waals surface area contributed by atoms with Crippen LogP contribution in [0.4, 0.5) is 10.6 Å². The molecule has 9 heteroatoms. The fourth-order valence-corrected chi connectivity index (χ4v) is 4.51. The Labute approximate surface area is 208 Å². The SMILES string of the molecule is COCn1nc(C(OC)OC)c(Cc2ccccc2C)c1N1CCC[C@@H](NC(=O)OC(C)(C)C)C1. The molecule has 0 aliphatic carbocycles. The summed E-state index contributed by atoms with van der Waals surface area (Å²) in [5.74, 6) is 0.958. The predicted octanol–water partition coefficient (Wildman–Crippen LogP) is 4.17. The maximum Gasteiger partial charge on any atom is 0.407 e. The molecule has 0 unspecified atom stereocenters. The van der Waals surface area contributed by atoms with Crippen molar-refractivity contribution in [2.45, 2.75) is 71.6 Å². The number of alkyl carbamates (subject to hydrolysis) is 1. The summed E-state index contributed by atoms with van der Waals surface area (Å²) < 4.78 is 24.1. The summed E-state index contributed by atoms with van der Waals surface area (Å²) in [5.41, 5.74) is 3.63. The van der Waals surface area contributed by atoms with Crippen molar-refractivity contribution >= 4 is 11.9 Å². The summed E-state index contributed by atoms with van der Waals surface area (Å²) >= 11 is 0. The van der Waals surface area contributed by atoms with Gasteiger partial charge in [-0.05, 0) is 51.7 Å². The molecule has 1 fully saturated rings. The van der Waals surface area contributed by atoms with Gasteiger partial charge >= 0.3 is 6.09 Å². The van der Waals surface area contributed by atoms with Gasteiger partial charge in [-0.25, -0.2) is 9.48 Å². The minimum Gasteiger partial charge on any atom is -0.444 e. The minimum atomic E-state index is -0.605. The van der Waals surface area contributed by atoms with Crippen LogP contribution in [0.2, 0.25) is 0 Å². The smallest absolute Gasteiger partial charge is 0.407 e. The number of nitrogens with zero attached hydrogens (tertiary/aromatic N) is 3. The van der Waals surface area contributed by atoms with Crippen molar-refractivity contribution in [2.75, 3.05) is 39.3 Å². The highest BCUT2D eigenvalue weighted by Gasteiger charge is 2.31. The highest BCUT2D eigenvalue weighted by atomic mass is 16.7. The summed E-state index contributed by atoms with van der Waals surface area (Å²) in [5, 5.41) is 7.91. The molecule has 1 N–H and O–H groups in total. The fraction of sp³-hybridized carbons (Fsp3) is 0.615. The number of hydrogen-bond acceptors (Lipinski definition) is 7. The molecule has 1 aliphatic heterocycles. The van der Waals surface area contributed by atoms with Gasteiger partial charge in [0.05, 0.1) is 0 Å². The largest absolute Gasteiger partial charge is 0.444 e. The summed E-state index contributed by atoms with van der Waals surface area (Å²) in [4.78, 5) is 14.7. The second-order valence-electron chi connectivity index (χ2n) is 9.94. The van der Waals surface area contributed by atoms with Crippen molar-refractivity contribution < 1.29 is 23.7 Å². The van der Waals surface area contributed by atoms with E-state index in [1.807, 2.05) is 37.6 Å². The monoisotopic (exact) mass is 488 g/mol. The Morgan fingerprint density at radius 2 is 1.91 bits per heavy atom. The first-order chi connectivity index (χ1) is 16.7. The van der Waals surface area contributed by atoms with E-state index in [0.717, 1.165) is 36.5 Å². The number of nitrogens with one attached hydrogen (secondary N) is 1. The second kappa shape index (κ2) is 11.9. The number of piperidine rings is 1. The average Bonchev–Trinajstić information content (AvgIpc) is 3.13. The number of carbonyl (C=O) groups is 1. The van der Waals surface area contributed by atoms with Gasteiger partial charge in [-0.15, -0.1) is 0 Å². The molecule has 1 aromatic carbocycles. The van der Waals surface area contributed by atoms with Crippen molar-refractivity contribution in [3.8, 4) is 0 Å². The molecule has 194 valence electrons. The number of carbonyl (C=O) groups excluding carboxylic acids is 1. The minimum absolute atomic E-state index is 0.0418. The molecular weight excluding hydrogens is 448 g/mol. The van der Waals surface area contributed by atoms with E-state index in [1.165, 1.54) is 11.1 Å². The van der Waals surface area contributed by atoms with Crippen molar-refractivity contribution in [3.05, 3.63) is 46.6 Å². The number of benzene rings is 1. The third-order valence-electron chi connectivity index (χ3n) is 6.03. The molecule has 9 nitrogen and oxygen atoms in total. The van der Waals surface area contributed by atoms with Crippen LogP contribution in [0.1, 0.15) is 62.3 Å². The van der Waals surface area contributed by atoms with Crippen LogP contribution in [0.3, 0.4) is 0 Å². The lowest BCUT2D eigenvalue weighted by molar-refractivity contribution is -0.109. The van der Waals surface area contributed by atoms with Crippen LogP contribution in [-0.2, 0) is 32.1 Å². The normalized spacial score (nSPS) is 16.6. The van der Waals surface area contributed by atoms with Crippen LogP contribution in [0, 0.1) is 6.92 Å². The first-order valence-electron chi connectivity index (χ1n) is 12.1. The lowest BCUT2D eigenvalue weighted by Gasteiger charge is -2.35. The van der Waals surface area contributed by atoms with Gasteiger partial charge in [0.2, 0.25) is 6.29 Å². The second-order valence-corrected chi connectivity index (χ2v) is 9.94. The molecule has 1 aromatic heterocycles. The zero-order valence-electron chi connectivity index (χ0n) is 22.1. The molecule has 0 saturated carbocycles. The highest BCUT2D eigenvalue weighted by Crippen LogP contribution is 2.34. The van der Waals surface area contributed by atoms with Gasteiger partial charge in [-0.2, -0.15) is 5.10 Å². The number of anilines is 1. The van der Waals surface area contributed by atoms with Crippen molar-refractivity contribution in [1.82, 2.24) is 15.1 Å². The number of methoxy groups -OCH3 is 3. The molecule has 1 aliphatic rings. The lowest BCUT2D eigenvalue weighted by atomic mass is 9.98. The molecule has 0 bridgehead atoms. The summed E-state index contributed by atoms with van der Waals surface area (Å²) in [6.07, 6.45) is 1.48. The van der Waals surface area contributed by atoms with Crippen LogP contribution in [-0.4, -0.2) is 61.9 Å². The number of aromatic nitrogens is 2. The Balaban J connectivity index is 1.98. The van der Waals surface area contributed by atoms with Gasteiger partial charge in [0, 0.05) is 52.4 Å². The molecule has 1 saturated heterocycles. The van der Waals surface area contributed by atoms with Crippen molar-refractivity contribution in [1.29, 1.82) is 0 Å². The lowest BCUT2D eigenvalue weighted by Crippen LogP contribution is -2.49. The van der Waals surface area contributed by atoms with Gasteiger partial charge < -0.3 is 29.2 Å². The van der Waals surface area contributed by atoms with E-state index < -0.39 is 18.0 Å². The third kappa shape index (κ3) is 6.96. The van der Waals surface area contributed by atoms with Gasteiger partial charge in [0.15, 0.2) is 0 Å². The molecule has 2 heterocycles. The number of amides is 1. The van der Waals surface area contributed by atoms with Gasteiger partial charge in [-0.3, -0.25) is 0 Å². The quantitative estimate of drug-likeness (QED) is 0.530. The van der Waals surface area contributed by atoms with Gasteiger partial charge in [-0.1, -0.05) is 24.3 Å². The Hall–Kier alpha value is -2.62. The fourth-order valence-electron chi connectivity index (χ4n) is 4.51. The average molecular weight is 489 g/mol. The molecule has 1 atom stereocenters. The Morgan fingerprint density at radius 3 is 2.54 bits per heavy atom. The maximum absolute atomic E-state index is 12.4. The Bertz CT molecular complexity index is 981. The van der Waals surface area contributed by atoms with E-state index in [2.05, 4.69) is 29.3 Å². The summed E-state index contributed by atoms with van der Waals surface area (Å²) in [7, 11) is 4.88. The third-order valence-corrected chi connectivity index (χ3v) is 6.03. The molecule has 2 aromatic rings. The Morgan fingerprint density at radius 1 is 1.20 bits per heavy atom. The Kier molecular flexibility index (Phi) is 9.15. The number of ether oxygens (including phenoxy) is 4. The zero-order chi connectivity index (χ0) is 25.6. The molecule has 1 amide bonds. The van der Waals surface area contributed by atoms with Gasteiger partial charge in [0.25, 0.3) is 0 Å². The van der Waals surface area contributed by atoms with E-state index in [1.54, 1.807) is 21.3 Å². The van der Waals surface area contributed by atoms with Crippen molar-refractivity contribution in [3.63, 3.8) is 0 Å². The van der Waals surface area contributed by atoms with Crippen molar-refractivity contribution in [2.24, 2.45) is 0 Å². The number of aryl methyl sites for hydroxylation is 1. The first kappa shape index (κ1) is 27.0. The standard InChI is InChI=1S/C26H40N4O5/c1-18-11-8-9-12-19(18)15-21-22(24(33-6)34-7)28-30(17-32-5)23(21)29-14-10-13-20(16-29)27-25(31)35-26(2,3)4/h8-9,11-12,20,24H,10,13-17H2,1-7H3,(H,27,31)/t20-/m1/s1. The molecule has 3 rings (SSSR count). The van der Waals surface area contributed by atoms with Crippen LogP contribution >= 0.6 is 0 Å². The van der Waals surface area contributed by atoms with Crippen LogP contribution < -0.4 is 10.2 Å². The summed E-state index contributed by atoms with van der Waals surface area (Å²) in [6.45, 7) is 9.47. The summed E-state index contributed by atoms with van der Waals surface area (Å²) in [6, 6.07) is 8.29. The zero-order valence-corrected chi connectivity index (χ0v) is 22.1. The number of rotatable bonds is 9. The molecule has 35 heavy (non-hydrogen) atoms. The highest BCUT2D eigenvalue weighted by molar-refractivity contribution is 5.68. The first-order valence-corrected chi connectivity index (χ1v) is 12.1. The van der Waals surface area contributed by atoms with E-state index in [4.69, 9.17) is 24.0 Å². The maximum atomic E-state index is 12.4. The van der Waals surface area contributed by atoms with Crippen LogP contribution in [0.5, 0.6) is 0 Å². The van der Waals surface area contributed by atoms with E-state index in [-0.39, 0.29) is 12.8 Å². The topological polar surface area (TPSA) is 87.1 Å². The van der Waals surface area contributed by atoms with E-state index >= 15 is 0 Å².